The summed E-state index contributed by atoms with van der Waals surface area (Å²) in [5.74, 6) is 0.746. The van der Waals surface area contributed by atoms with Gasteiger partial charge in [0.15, 0.2) is 5.82 Å². The highest BCUT2D eigenvalue weighted by molar-refractivity contribution is 7.26. The zero-order valence-corrected chi connectivity index (χ0v) is 27.8. The molecule has 4 heteroatoms. The number of thiophene rings is 1. The smallest absolute Gasteiger partial charge is 0.160 e. The van der Waals surface area contributed by atoms with Gasteiger partial charge < -0.3 is 4.57 Å². The molecule has 0 bridgehead atoms. The van der Waals surface area contributed by atoms with Crippen molar-refractivity contribution in [2.45, 2.75) is 0 Å². The Morgan fingerprint density at radius 2 is 0.920 bits per heavy atom. The van der Waals surface area contributed by atoms with Gasteiger partial charge >= 0.3 is 0 Å². The first-order valence-corrected chi connectivity index (χ1v) is 17.6. The first-order valence-electron chi connectivity index (χ1n) is 16.8. The molecule has 0 spiro atoms. The fourth-order valence-corrected chi connectivity index (χ4v) is 8.32. The van der Waals surface area contributed by atoms with Crippen LogP contribution in [-0.2, 0) is 0 Å². The third kappa shape index (κ3) is 4.73. The Labute approximate surface area is 293 Å². The summed E-state index contributed by atoms with van der Waals surface area (Å²) in [7, 11) is 0. The van der Waals surface area contributed by atoms with Crippen molar-refractivity contribution >= 4 is 53.4 Å². The van der Waals surface area contributed by atoms with Crippen molar-refractivity contribution in [3.05, 3.63) is 176 Å². The number of nitrogens with zero attached hydrogens (tertiary/aromatic N) is 3. The normalized spacial score (nSPS) is 11.6. The molecule has 0 saturated heterocycles. The summed E-state index contributed by atoms with van der Waals surface area (Å²) in [5.41, 5.74) is 12.4. The Morgan fingerprint density at radius 1 is 0.400 bits per heavy atom. The van der Waals surface area contributed by atoms with Gasteiger partial charge in [-0.15, -0.1) is 11.3 Å². The zero-order valence-electron chi connectivity index (χ0n) is 27.0. The van der Waals surface area contributed by atoms with Gasteiger partial charge in [-0.2, -0.15) is 0 Å². The van der Waals surface area contributed by atoms with Gasteiger partial charge in [0.1, 0.15) is 0 Å². The molecule has 50 heavy (non-hydrogen) atoms. The van der Waals surface area contributed by atoms with Crippen LogP contribution < -0.4 is 0 Å². The van der Waals surface area contributed by atoms with Crippen LogP contribution in [0.2, 0.25) is 0 Å². The maximum Gasteiger partial charge on any atom is 0.160 e. The van der Waals surface area contributed by atoms with E-state index in [9.17, 15) is 0 Å². The molecule has 0 radical (unpaired) electrons. The van der Waals surface area contributed by atoms with E-state index < -0.39 is 0 Å². The minimum atomic E-state index is 0.746. The molecule has 0 saturated carbocycles. The van der Waals surface area contributed by atoms with Crippen molar-refractivity contribution < 1.29 is 0 Å². The lowest BCUT2D eigenvalue weighted by Crippen LogP contribution is -1.93. The molecule has 10 rings (SSSR count). The molecule has 10 aromatic rings. The number of fused-ring (bicyclic) bond motifs is 6. The van der Waals surface area contributed by atoms with E-state index in [0.29, 0.717) is 0 Å². The molecule has 0 atom stereocenters. The van der Waals surface area contributed by atoms with Crippen LogP contribution in [0, 0.1) is 0 Å². The second-order valence-electron chi connectivity index (χ2n) is 12.6. The van der Waals surface area contributed by atoms with E-state index in [-0.39, 0.29) is 0 Å². The summed E-state index contributed by atoms with van der Waals surface area (Å²) in [6.07, 6.45) is 0. The quantitative estimate of drug-likeness (QED) is 0.185. The summed E-state index contributed by atoms with van der Waals surface area (Å²) < 4.78 is 4.68. The molecule has 0 aliphatic carbocycles. The Kier molecular flexibility index (Phi) is 6.68. The molecule has 3 heterocycles. The van der Waals surface area contributed by atoms with Gasteiger partial charge in [0, 0.05) is 37.7 Å². The predicted molar refractivity (Wildman–Crippen MR) is 211 cm³/mol. The van der Waals surface area contributed by atoms with Gasteiger partial charge in [0.2, 0.25) is 0 Å². The van der Waals surface area contributed by atoms with Crippen LogP contribution in [0.15, 0.2) is 176 Å². The molecular weight excluding hydrogens is 627 g/mol. The van der Waals surface area contributed by atoms with Crippen LogP contribution in [0.5, 0.6) is 0 Å². The molecule has 0 N–H and O–H groups in total. The second kappa shape index (κ2) is 11.7. The molecular formula is C46H29N3S. The van der Waals surface area contributed by atoms with Gasteiger partial charge in [-0.25, -0.2) is 9.97 Å². The first-order chi connectivity index (χ1) is 24.8. The highest BCUT2D eigenvalue weighted by Crippen LogP contribution is 2.41. The van der Waals surface area contributed by atoms with Crippen LogP contribution in [0.1, 0.15) is 0 Å². The van der Waals surface area contributed by atoms with Crippen molar-refractivity contribution in [1.82, 2.24) is 14.5 Å². The lowest BCUT2D eigenvalue weighted by Gasteiger charge is -2.10. The van der Waals surface area contributed by atoms with E-state index in [4.69, 9.17) is 9.97 Å². The molecule has 234 valence electrons. The third-order valence-corrected chi connectivity index (χ3v) is 10.8. The van der Waals surface area contributed by atoms with E-state index in [0.717, 1.165) is 43.9 Å². The third-order valence-electron chi connectivity index (χ3n) is 9.65. The predicted octanol–water partition coefficient (Wildman–Crippen LogP) is 12.6. The summed E-state index contributed by atoms with van der Waals surface area (Å²) in [4.78, 5) is 10.3. The minimum absolute atomic E-state index is 0.746. The van der Waals surface area contributed by atoms with E-state index in [1.165, 1.54) is 48.8 Å². The maximum absolute atomic E-state index is 5.16. The lowest BCUT2D eigenvalue weighted by molar-refractivity contribution is 1.18. The molecule has 0 unspecified atom stereocenters. The number of aromatic nitrogens is 3. The SMILES string of the molecule is c1ccc(-c2nc(-c3ccccc3)c3sc4ccc(-c5ccc(-c6ccc(-n7c8ccccc8c8ccccc87)cc6)cc5)cc4c3n2)cc1. The monoisotopic (exact) mass is 655 g/mol. The largest absolute Gasteiger partial charge is 0.309 e. The number of benzene rings is 7. The Hall–Kier alpha value is -6.36. The molecule has 3 nitrogen and oxygen atoms in total. The van der Waals surface area contributed by atoms with Gasteiger partial charge in [-0.05, 0) is 58.7 Å². The lowest BCUT2D eigenvalue weighted by atomic mass is 9.99. The number of rotatable bonds is 5. The molecule has 0 amide bonds. The van der Waals surface area contributed by atoms with Crippen molar-refractivity contribution in [1.29, 1.82) is 0 Å². The second-order valence-corrected chi connectivity index (χ2v) is 13.7. The van der Waals surface area contributed by atoms with Crippen LogP contribution in [0.25, 0.3) is 92.7 Å². The van der Waals surface area contributed by atoms with Gasteiger partial charge in [0.25, 0.3) is 0 Å². The first kappa shape index (κ1) is 28.6. The topological polar surface area (TPSA) is 30.7 Å². The van der Waals surface area contributed by atoms with Crippen LogP contribution in [-0.4, -0.2) is 14.5 Å². The summed E-state index contributed by atoms with van der Waals surface area (Å²) in [6.45, 7) is 0. The van der Waals surface area contributed by atoms with Crippen LogP contribution >= 0.6 is 11.3 Å². The molecule has 0 fully saturated rings. The number of para-hydroxylation sites is 2. The maximum atomic E-state index is 5.16. The molecule has 3 aromatic heterocycles. The van der Waals surface area contributed by atoms with Gasteiger partial charge in [0.05, 0.1) is 26.9 Å². The molecule has 0 aliphatic rings. The highest BCUT2D eigenvalue weighted by atomic mass is 32.1. The fraction of sp³-hybridized carbons (Fsp3) is 0. The van der Waals surface area contributed by atoms with Crippen molar-refractivity contribution in [3.63, 3.8) is 0 Å². The average molecular weight is 656 g/mol. The Balaban J connectivity index is 1.02. The van der Waals surface area contributed by atoms with Crippen molar-refractivity contribution in [3.8, 4) is 50.6 Å². The highest BCUT2D eigenvalue weighted by Gasteiger charge is 2.17. The Bertz CT molecular complexity index is 2780. The summed E-state index contributed by atoms with van der Waals surface area (Å²) in [5, 5.41) is 3.71. The van der Waals surface area contributed by atoms with Crippen molar-refractivity contribution in [2.24, 2.45) is 0 Å². The minimum Gasteiger partial charge on any atom is -0.309 e. The number of hydrogen-bond donors (Lipinski definition) is 0. The van der Waals surface area contributed by atoms with Gasteiger partial charge in [-0.3, -0.25) is 0 Å². The Morgan fingerprint density at radius 3 is 1.56 bits per heavy atom. The summed E-state index contributed by atoms with van der Waals surface area (Å²) >= 11 is 1.76. The van der Waals surface area contributed by atoms with E-state index in [2.05, 4.69) is 156 Å². The average Bonchev–Trinajstić information content (AvgIpc) is 3.74. The van der Waals surface area contributed by atoms with Gasteiger partial charge in [-0.1, -0.05) is 140 Å². The fourth-order valence-electron chi connectivity index (χ4n) is 7.19. The number of hydrogen-bond acceptors (Lipinski definition) is 3. The van der Waals surface area contributed by atoms with E-state index in [1.807, 2.05) is 24.3 Å². The van der Waals surface area contributed by atoms with E-state index >= 15 is 0 Å². The molecule has 0 aliphatic heterocycles. The standard InChI is InChI=1S/C46H29N3S/c1-3-11-33(12-4-1)43-45-44(48-46(47-43)34-13-5-2-6-14-34)39-29-35(25-28-42(39)50-45)32-21-19-30(20-22-32)31-23-26-36(27-24-31)49-40-17-9-7-15-37(40)38-16-8-10-18-41(38)49/h1-29H. The molecule has 7 aromatic carbocycles. The van der Waals surface area contributed by atoms with Crippen LogP contribution in [0.3, 0.4) is 0 Å². The van der Waals surface area contributed by atoms with Crippen molar-refractivity contribution in [2.75, 3.05) is 0 Å². The van der Waals surface area contributed by atoms with E-state index in [1.54, 1.807) is 11.3 Å². The zero-order chi connectivity index (χ0) is 33.0. The van der Waals surface area contributed by atoms with Crippen LogP contribution in [0.4, 0.5) is 0 Å². The summed E-state index contributed by atoms with van der Waals surface area (Å²) in [6, 6.07) is 62.6.